The minimum Gasteiger partial charge on any atom is -0.297 e. The first-order valence-electron chi connectivity index (χ1n) is 8.92. The summed E-state index contributed by atoms with van der Waals surface area (Å²) in [4.78, 5) is 2.86. The summed E-state index contributed by atoms with van der Waals surface area (Å²) in [5.74, 6) is 0. The van der Waals surface area contributed by atoms with E-state index in [0.29, 0.717) is 24.0 Å². The van der Waals surface area contributed by atoms with Gasteiger partial charge in [0.2, 0.25) is 10.0 Å². The number of benzene rings is 2. The molecule has 1 aliphatic heterocycles. The van der Waals surface area contributed by atoms with Crippen LogP contribution in [0.1, 0.15) is 16.7 Å². The Morgan fingerprint density at radius 3 is 1.96 bits per heavy atom. The Balaban J connectivity index is 1.41. The van der Waals surface area contributed by atoms with Crippen LogP contribution in [-0.4, -0.2) is 49.8 Å². The van der Waals surface area contributed by atoms with Crippen LogP contribution in [0.5, 0.6) is 0 Å². The molecule has 0 aromatic heterocycles. The summed E-state index contributed by atoms with van der Waals surface area (Å²) in [6, 6.07) is 16.3. The van der Waals surface area contributed by atoms with Crippen LogP contribution in [0.25, 0.3) is 0 Å². The van der Waals surface area contributed by atoms with Crippen LogP contribution in [-0.2, 0) is 22.9 Å². The van der Waals surface area contributed by atoms with Gasteiger partial charge in [0.05, 0.1) is 4.90 Å². The number of sulfonamides is 1. The molecule has 25 heavy (non-hydrogen) atoms. The average Bonchev–Trinajstić information content (AvgIpc) is 3.06. The fraction of sp³-hybridized carbons (Fsp3) is 0.400. The zero-order valence-corrected chi connectivity index (χ0v) is 15.4. The molecule has 5 heteroatoms. The first-order valence-corrected chi connectivity index (χ1v) is 10.4. The lowest BCUT2D eigenvalue weighted by Crippen LogP contribution is -2.52. The molecule has 0 amide bonds. The molecule has 0 spiro atoms. The Morgan fingerprint density at radius 2 is 1.40 bits per heavy atom. The summed E-state index contributed by atoms with van der Waals surface area (Å²) in [5.41, 5.74) is 3.97. The minimum atomic E-state index is -3.37. The first-order chi connectivity index (χ1) is 12.0. The monoisotopic (exact) mass is 356 g/mol. The number of hydrogen-bond donors (Lipinski definition) is 0. The summed E-state index contributed by atoms with van der Waals surface area (Å²) in [5, 5.41) is 0. The smallest absolute Gasteiger partial charge is 0.243 e. The van der Waals surface area contributed by atoms with Gasteiger partial charge in [0, 0.05) is 32.2 Å². The van der Waals surface area contributed by atoms with Crippen LogP contribution in [0.15, 0.2) is 53.4 Å². The van der Waals surface area contributed by atoms with Gasteiger partial charge >= 0.3 is 0 Å². The van der Waals surface area contributed by atoms with E-state index in [1.54, 1.807) is 16.4 Å². The Labute approximate surface area is 150 Å². The van der Waals surface area contributed by atoms with E-state index in [1.807, 2.05) is 19.1 Å². The number of piperazine rings is 1. The molecular weight excluding hydrogens is 332 g/mol. The summed E-state index contributed by atoms with van der Waals surface area (Å²) in [6.07, 6.45) is 2.17. The van der Waals surface area contributed by atoms with Gasteiger partial charge in [-0.15, -0.1) is 0 Å². The van der Waals surface area contributed by atoms with Crippen molar-refractivity contribution < 1.29 is 8.42 Å². The molecule has 1 aliphatic carbocycles. The van der Waals surface area contributed by atoms with Gasteiger partial charge in [-0.1, -0.05) is 42.0 Å². The third-order valence-corrected chi connectivity index (χ3v) is 7.39. The second kappa shape index (κ2) is 6.56. The highest BCUT2D eigenvalue weighted by Gasteiger charge is 2.33. The number of fused-ring (bicyclic) bond motifs is 1. The van der Waals surface area contributed by atoms with Gasteiger partial charge in [-0.25, -0.2) is 8.42 Å². The topological polar surface area (TPSA) is 40.6 Å². The van der Waals surface area contributed by atoms with Gasteiger partial charge in [-0.05, 0) is 43.0 Å². The maximum atomic E-state index is 12.8. The van der Waals surface area contributed by atoms with Gasteiger partial charge in [-0.3, -0.25) is 4.90 Å². The fourth-order valence-corrected chi connectivity index (χ4v) is 5.38. The molecule has 1 fully saturated rings. The lowest BCUT2D eigenvalue weighted by atomic mass is 10.1. The molecule has 4 nitrogen and oxygen atoms in total. The first kappa shape index (κ1) is 16.8. The Hall–Kier alpha value is -1.69. The maximum Gasteiger partial charge on any atom is 0.243 e. The quantitative estimate of drug-likeness (QED) is 0.848. The van der Waals surface area contributed by atoms with E-state index in [2.05, 4.69) is 29.2 Å². The Bertz CT molecular complexity index is 829. The van der Waals surface area contributed by atoms with Gasteiger partial charge in [0.25, 0.3) is 0 Å². The highest BCUT2D eigenvalue weighted by atomic mass is 32.2. The van der Waals surface area contributed by atoms with Gasteiger partial charge in [0.1, 0.15) is 0 Å². The summed E-state index contributed by atoms with van der Waals surface area (Å²) in [7, 11) is -3.37. The van der Waals surface area contributed by atoms with Gasteiger partial charge in [-0.2, -0.15) is 4.31 Å². The fourth-order valence-electron chi connectivity index (χ4n) is 3.96. The van der Waals surface area contributed by atoms with Crippen LogP contribution in [0.4, 0.5) is 0 Å². The van der Waals surface area contributed by atoms with Gasteiger partial charge < -0.3 is 0 Å². The van der Waals surface area contributed by atoms with Crippen molar-refractivity contribution in [1.29, 1.82) is 0 Å². The zero-order chi connectivity index (χ0) is 17.4. The molecule has 1 saturated heterocycles. The molecule has 0 bridgehead atoms. The number of nitrogens with zero attached hydrogens (tertiary/aromatic N) is 2. The molecule has 2 aliphatic rings. The Kier molecular flexibility index (Phi) is 4.40. The van der Waals surface area contributed by atoms with E-state index in [9.17, 15) is 8.42 Å². The predicted molar refractivity (Wildman–Crippen MR) is 99.1 cm³/mol. The summed E-state index contributed by atoms with van der Waals surface area (Å²) in [6.45, 7) is 4.73. The third-order valence-electron chi connectivity index (χ3n) is 5.48. The van der Waals surface area contributed by atoms with Crippen LogP contribution in [0.3, 0.4) is 0 Å². The standard InChI is InChI=1S/C20H24N2O2S/c1-16-6-8-20(9-7-16)25(23,24)22-12-10-21(11-13-22)19-14-17-4-2-3-5-18(17)15-19/h2-9,19H,10-15H2,1H3. The molecule has 4 rings (SSSR count). The molecule has 2 aromatic rings. The summed E-state index contributed by atoms with van der Waals surface area (Å²) >= 11 is 0. The molecule has 1 heterocycles. The largest absolute Gasteiger partial charge is 0.297 e. The van der Waals surface area contributed by atoms with Crippen molar-refractivity contribution in [2.45, 2.75) is 30.7 Å². The molecule has 0 unspecified atom stereocenters. The van der Waals surface area contributed by atoms with Crippen LogP contribution < -0.4 is 0 Å². The highest BCUT2D eigenvalue weighted by molar-refractivity contribution is 7.89. The maximum absolute atomic E-state index is 12.8. The molecule has 0 N–H and O–H groups in total. The van der Waals surface area contributed by atoms with Crippen molar-refractivity contribution in [3.8, 4) is 0 Å². The van der Waals surface area contributed by atoms with Gasteiger partial charge in [0.15, 0.2) is 0 Å². The van der Waals surface area contributed by atoms with Crippen molar-refractivity contribution in [3.63, 3.8) is 0 Å². The second-order valence-electron chi connectivity index (χ2n) is 7.08. The molecule has 2 aromatic carbocycles. The van der Waals surface area contributed by atoms with E-state index < -0.39 is 10.0 Å². The lowest BCUT2D eigenvalue weighted by Gasteiger charge is -2.37. The normalized spacial score (nSPS) is 19.9. The zero-order valence-electron chi connectivity index (χ0n) is 14.6. The lowest BCUT2D eigenvalue weighted by molar-refractivity contribution is 0.140. The van der Waals surface area contributed by atoms with Crippen molar-refractivity contribution in [1.82, 2.24) is 9.21 Å². The van der Waals surface area contributed by atoms with E-state index in [-0.39, 0.29) is 0 Å². The highest BCUT2D eigenvalue weighted by Crippen LogP contribution is 2.27. The molecular formula is C20H24N2O2S. The van der Waals surface area contributed by atoms with Crippen LogP contribution >= 0.6 is 0 Å². The molecule has 0 radical (unpaired) electrons. The number of aryl methyl sites for hydroxylation is 1. The van der Waals surface area contributed by atoms with Crippen molar-refractivity contribution >= 4 is 10.0 Å². The summed E-state index contributed by atoms with van der Waals surface area (Å²) < 4.78 is 27.3. The van der Waals surface area contributed by atoms with E-state index >= 15 is 0 Å². The minimum absolute atomic E-state index is 0.403. The average molecular weight is 356 g/mol. The van der Waals surface area contributed by atoms with E-state index in [0.717, 1.165) is 31.5 Å². The predicted octanol–water partition coefficient (Wildman–Crippen LogP) is 2.47. The van der Waals surface area contributed by atoms with E-state index in [4.69, 9.17) is 0 Å². The van der Waals surface area contributed by atoms with Crippen LogP contribution in [0, 0.1) is 6.92 Å². The van der Waals surface area contributed by atoms with Crippen molar-refractivity contribution in [3.05, 3.63) is 65.2 Å². The number of rotatable bonds is 3. The second-order valence-corrected chi connectivity index (χ2v) is 9.02. The van der Waals surface area contributed by atoms with Crippen molar-refractivity contribution in [2.75, 3.05) is 26.2 Å². The molecule has 0 atom stereocenters. The SMILES string of the molecule is Cc1ccc(S(=O)(=O)N2CCN(C3Cc4ccccc4C3)CC2)cc1. The van der Waals surface area contributed by atoms with E-state index in [1.165, 1.54) is 11.1 Å². The molecule has 132 valence electrons. The third kappa shape index (κ3) is 3.24. The Morgan fingerprint density at radius 1 is 0.840 bits per heavy atom. The van der Waals surface area contributed by atoms with Crippen molar-refractivity contribution in [2.24, 2.45) is 0 Å². The number of hydrogen-bond acceptors (Lipinski definition) is 3. The molecule has 0 saturated carbocycles. The van der Waals surface area contributed by atoms with Crippen LogP contribution in [0.2, 0.25) is 0 Å².